The number of benzene rings is 1. The van der Waals surface area contributed by atoms with Crippen molar-refractivity contribution in [2.75, 3.05) is 43.2 Å². The summed E-state index contributed by atoms with van der Waals surface area (Å²) in [7, 11) is 1.66. The maximum Gasteiger partial charge on any atom is 0.162 e. The topological polar surface area (TPSA) is 90.7 Å². The lowest BCUT2D eigenvalue weighted by Gasteiger charge is -2.41. The van der Waals surface area contributed by atoms with Crippen LogP contribution in [0.4, 0.5) is 17.2 Å². The highest BCUT2D eigenvalue weighted by Gasteiger charge is 2.36. The number of nitrogens with two attached hydrogens (primary N) is 1. The summed E-state index contributed by atoms with van der Waals surface area (Å²) in [6.45, 7) is 12.6. The van der Waals surface area contributed by atoms with E-state index in [1.165, 1.54) is 0 Å². The predicted octanol–water partition coefficient (Wildman–Crippen LogP) is 4.10. The van der Waals surface area contributed by atoms with Gasteiger partial charge in [0.2, 0.25) is 0 Å². The van der Waals surface area contributed by atoms with Gasteiger partial charge >= 0.3 is 0 Å². The number of nitrogens with one attached hydrogen (secondary N) is 2. The third-order valence-corrected chi connectivity index (χ3v) is 5.57. The lowest BCUT2D eigenvalue weighted by Crippen LogP contribution is -2.48. The fourth-order valence-electron chi connectivity index (χ4n) is 3.29. The van der Waals surface area contributed by atoms with Crippen LogP contribution in [0.2, 0.25) is 0 Å². The van der Waals surface area contributed by atoms with Crippen molar-refractivity contribution in [1.29, 1.82) is 0 Å². The van der Waals surface area contributed by atoms with Gasteiger partial charge in [-0.3, -0.25) is 0 Å². The molecule has 2 aromatic rings. The number of ether oxygens (including phenoxy) is 3. The third kappa shape index (κ3) is 5.15. The van der Waals surface area contributed by atoms with E-state index in [1.54, 1.807) is 7.11 Å². The van der Waals surface area contributed by atoms with E-state index < -0.39 is 5.79 Å². The maximum absolute atomic E-state index is 6.49. The molecule has 4 N–H and O–H groups in total. The molecule has 1 saturated heterocycles. The summed E-state index contributed by atoms with van der Waals surface area (Å²) < 4.78 is 16.9. The molecule has 0 saturated carbocycles. The summed E-state index contributed by atoms with van der Waals surface area (Å²) in [5.41, 5.74) is 11.0. The smallest absolute Gasteiger partial charge is 0.162 e. The number of methoxy groups -OCH3 is 1. The largest absolute Gasteiger partial charge is 0.497 e. The zero-order valence-electron chi connectivity index (χ0n) is 18.9. The molecule has 0 radical (unpaired) electrons. The Morgan fingerprint density at radius 1 is 1.07 bits per heavy atom. The summed E-state index contributed by atoms with van der Waals surface area (Å²) in [4.78, 5) is 4.66. The van der Waals surface area contributed by atoms with E-state index in [4.69, 9.17) is 19.9 Å². The Labute approximate surface area is 179 Å². The quantitative estimate of drug-likeness (QED) is 0.628. The second kappa shape index (κ2) is 8.70. The number of hydrogen-bond donors (Lipinski definition) is 3. The summed E-state index contributed by atoms with van der Waals surface area (Å²) in [6, 6.07) is 7.93. The molecule has 1 aliphatic heterocycles. The minimum absolute atomic E-state index is 0.137. The van der Waals surface area contributed by atoms with Crippen molar-refractivity contribution >= 4 is 17.2 Å². The Bertz CT molecular complexity index is 871. The monoisotopic (exact) mass is 414 g/mol. The average molecular weight is 415 g/mol. The van der Waals surface area contributed by atoms with Gasteiger partial charge in [-0.25, -0.2) is 4.98 Å². The predicted molar refractivity (Wildman–Crippen MR) is 121 cm³/mol. The van der Waals surface area contributed by atoms with Crippen LogP contribution in [0.15, 0.2) is 24.3 Å². The van der Waals surface area contributed by atoms with Gasteiger partial charge in [-0.2, -0.15) is 0 Å². The van der Waals surface area contributed by atoms with Gasteiger partial charge in [0.05, 0.1) is 31.7 Å². The van der Waals surface area contributed by atoms with E-state index in [2.05, 4.69) is 22.5 Å². The molecule has 0 atom stereocenters. The van der Waals surface area contributed by atoms with Crippen molar-refractivity contribution in [3.8, 4) is 5.75 Å². The van der Waals surface area contributed by atoms with Crippen molar-refractivity contribution in [1.82, 2.24) is 4.98 Å². The zero-order chi connectivity index (χ0) is 21.9. The first-order valence-electron chi connectivity index (χ1n) is 10.3. The van der Waals surface area contributed by atoms with Crippen LogP contribution in [-0.2, 0) is 16.0 Å². The number of pyridine rings is 1. The lowest BCUT2D eigenvalue weighted by atomic mass is 9.91. The van der Waals surface area contributed by atoms with Crippen LogP contribution in [0, 0.1) is 19.3 Å². The number of hydrogen-bond acceptors (Lipinski definition) is 7. The molecule has 1 aliphatic rings. The number of anilines is 3. The average Bonchev–Trinajstić information content (AvgIpc) is 2.73. The molecule has 164 valence electrons. The van der Waals surface area contributed by atoms with Crippen LogP contribution in [-0.4, -0.2) is 37.6 Å². The molecule has 3 rings (SSSR count). The number of aryl methyl sites for hydroxylation is 1. The van der Waals surface area contributed by atoms with Gasteiger partial charge in [0.15, 0.2) is 11.6 Å². The van der Waals surface area contributed by atoms with E-state index in [-0.39, 0.29) is 5.41 Å². The first-order chi connectivity index (χ1) is 14.1. The molecule has 0 amide bonds. The van der Waals surface area contributed by atoms with Crippen LogP contribution in [0.3, 0.4) is 0 Å². The van der Waals surface area contributed by atoms with Gasteiger partial charge in [-0.05, 0) is 51.0 Å². The fourth-order valence-corrected chi connectivity index (χ4v) is 3.29. The second-order valence-corrected chi connectivity index (χ2v) is 8.80. The molecule has 30 heavy (non-hydrogen) atoms. The van der Waals surface area contributed by atoms with E-state index in [0.717, 1.165) is 28.3 Å². The third-order valence-electron chi connectivity index (χ3n) is 5.57. The van der Waals surface area contributed by atoms with Gasteiger partial charge in [-0.15, -0.1) is 0 Å². The van der Waals surface area contributed by atoms with Crippen molar-refractivity contribution in [3.05, 3.63) is 41.1 Å². The van der Waals surface area contributed by atoms with Gasteiger partial charge in [0.1, 0.15) is 5.75 Å². The van der Waals surface area contributed by atoms with Crippen molar-refractivity contribution in [3.63, 3.8) is 0 Å². The molecule has 1 aromatic heterocycles. The summed E-state index contributed by atoms with van der Waals surface area (Å²) in [5.74, 6) is 0.987. The normalized spacial score (nSPS) is 17.4. The molecular weight excluding hydrogens is 380 g/mol. The summed E-state index contributed by atoms with van der Waals surface area (Å²) in [5, 5.41) is 6.90. The number of aromatic nitrogens is 1. The van der Waals surface area contributed by atoms with Gasteiger partial charge in [0.25, 0.3) is 0 Å². The highest BCUT2D eigenvalue weighted by Crippen LogP contribution is 2.34. The molecule has 1 aromatic carbocycles. The van der Waals surface area contributed by atoms with Crippen molar-refractivity contribution in [2.24, 2.45) is 5.41 Å². The van der Waals surface area contributed by atoms with Crippen molar-refractivity contribution in [2.45, 2.75) is 47.0 Å². The molecule has 7 nitrogen and oxygen atoms in total. The minimum Gasteiger partial charge on any atom is -0.497 e. The Balaban J connectivity index is 1.71. The van der Waals surface area contributed by atoms with Crippen LogP contribution < -0.4 is 21.1 Å². The van der Waals surface area contributed by atoms with Crippen LogP contribution in [0.25, 0.3) is 0 Å². The minimum atomic E-state index is -0.528. The highest BCUT2D eigenvalue weighted by atomic mass is 16.7. The van der Waals surface area contributed by atoms with Gasteiger partial charge in [0, 0.05) is 24.2 Å². The highest BCUT2D eigenvalue weighted by molar-refractivity contribution is 5.80. The Morgan fingerprint density at radius 2 is 1.70 bits per heavy atom. The maximum atomic E-state index is 6.49. The van der Waals surface area contributed by atoms with Crippen LogP contribution in [0.5, 0.6) is 5.75 Å². The standard InChI is InChI=1S/C23H34N4O3/c1-15-16(2)27-21(25-11-17-7-9-18(28-6)10-8-17)19(24)20(15)26-12-23(5)13-29-22(3,4)30-14-23/h7-10H,11-14,24H2,1-6H3,(H2,25,26,27). The molecule has 0 spiro atoms. The first-order valence-corrected chi connectivity index (χ1v) is 10.3. The van der Waals surface area contributed by atoms with Crippen LogP contribution in [0.1, 0.15) is 37.6 Å². The second-order valence-electron chi connectivity index (χ2n) is 8.80. The lowest BCUT2D eigenvalue weighted by molar-refractivity contribution is -0.279. The van der Waals surface area contributed by atoms with E-state index in [0.29, 0.717) is 37.8 Å². The Morgan fingerprint density at radius 3 is 2.30 bits per heavy atom. The molecule has 0 unspecified atom stereocenters. The number of nitrogen functional groups attached to an aromatic ring is 1. The molecule has 7 heteroatoms. The van der Waals surface area contributed by atoms with E-state index >= 15 is 0 Å². The molecule has 2 heterocycles. The molecular formula is C23H34N4O3. The van der Waals surface area contributed by atoms with Crippen molar-refractivity contribution < 1.29 is 14.2 Å². The van der Waals surface area contributed by atoms with E-state index in [9.17, 15) is 0 Å². The zero-order valence-corrected chi connectivity index (χ0v) is 18.9. The SMILES string of the molecule is COc1ccc(CNc2nc(C)c(C)c(NCC3(C)COC(C)(C)OC3)c2N)cc1. The fraction of sp³-hybridized carbons (Fsp3) is 0.522. The van der Waals surface area contributed by atoms with Gasteiger partial charge in [-0.1, -0.05) is 19.1 Å². The Hall–Kier alpha value is -2.51. The first kappa shape index (κ1) is 22.2. The number of nitrogens with zero attached hydrogens (tertiary/aromatic N) is 1. The molecule has 0 aliphatic carbocycles. The number of rotatable bonds is 7. The summed E-state index contributed by atoms with van der Waals surface area (Å²) in [6.07, 6.45) is 0. The van der Waals surface area contributed by atoms with E-state index in [1.807, 2.05) is 52.0 Å². The summed E-state index contributed by atoms with van der Waals surface area (Å²) >= 11 is 0. The molecule has 0 bridgehead atoms. The molecule has 1 fully saturated rings. The van der Waals surface area contributed by atoms with Gasteiger partial charge < -0.3 is 30.6 Å². The van der Waals surface area contributed by atoms with Crippen LogP contribution >= 0.6 is 0 Å². The Kier molecular flexibility index (Phi) is 6.43.